The van der Waals surface area contributed by atoms with Crippen molar-refractivity contribution in [2.75, 3.05) is 6.61 Å². The quantitative estimate of drug-likeness (QED) is 0.221. The number of aliphatic hydroxyl groups is 1. The molecule has 1 fully saturated rings. The summed E-state index contributed by atoms with van der Waals surface area (Å²) in [5.74, 6) is -3.22. The van der Waals surface area contributed by atoms with Crippen molar-refractivity contribution < 1.29 is 48.0 Å². The normalized spacial score (nSPS) is 21.0. The Morgan fingerprint density at radius 1 is 0.523 bits per heavy atom. The minimum Gasteiger partial charge on any atom is -0.459 e. The van der Waals surface area contributed by atoms with Crippen LogP contribution >= 0.6 is 0 Å². The number of benzene rings is 4. The zero-order valence-corrected chi connectivity index (χ0v) is 23.3. The lowest BCUT2D eigenvalue weighted by Crippen LogP contribution is -2.62. The van der Waals surface area contributed by atoms with Crippen LogP contribution in [0.2, 0.25) is 0 Å². The molecule has 1 aliphatic rings. The number of esters is 4. The predicted molar refractivity (Wildman–Crippen MR) is 155 cm³/mol. The summed E-state index contributed by atoms with van der Waals surface area (Å²) < 4.78 is 28.3. The molecule has 1 heterocycles. The lowest BCUT2D eigenvalue weighted by Gasteiger charge is -2.42. The van der Waals surface area contributed by atoms with Crippen LogP contribution in [-0.2, 0) is 23.7 Å². The second-order valence-corrected chi connectivity index (χ2v) is 9.74. The highest BCUT2D eigenvalue weighted by Gasteiger charge is 2.52. The zero-order chi connectivity index (χ0) is 30.9. The molecule has 4 aromatic rings. The zero-order valence-electron chi connectivity index (χ0n) is 23.3. The number of hydrogen-bond donors (Lipinski definition) is 1. The van der Waals surface area contributed by atoms with Gasteiger partial charge in [0.2, 0.25) is 12.4 Å². The van der Waals surface area contributed by atoms with Gasteiger partial charge in [-0.2, -0.15) is 0 Å². The molecule has 44 heavy (non-hydrogen) atoms. The van der Waals surface area contributed by atoms with Crippen LogP contribution in [0.1, 0.15) is 41.4 Å². The molecule has 4 aromatic carbocycles. The van der Waals surface area contributed by atoms with E-state index in [-0.39, 0.29) is 22.3 Å². The first-order valence-electron chi connectivity index (χ1n) is 13.7. The number of aliphatic hydroxyl groups excluding tert-OH is 1. The van der Waals surface area contributed by atoms with Crippen molar-refractivity contribution in [2.45, 2.75) is 30.7 Å². The smallest absolute Gasteiger partial charge is 0.340 e. The van der Waals surface area contributed by atoms with Crippen molar-refractivity contribution in [2.24, 2.45) is 0 Å². The van der Waals surface area contributed by atoms with Gasteiger partial charge in [0, 0.05) is 0 Å². The molecule has 1 aliphatic heterocycles. The standard InChI is InChI=1S/C34H28O10/c35-27-26(21-40-30(36)22-13-5-1-6-14-22)41-34(44-33(39)25-19-11-4-12-20-25)29(43-32(38)24-17-9-3-10-18-24)28(27)42-31(37)23-15-7-2-8-16-23/h1-20,26-29,34-35H,21H2. The van der Waals surface area contributed by atoms with Crippen LogP contribution in [0.15, 0.2) is 121 Å². The van der Waals surface area contributed by atoms with Crippen molar-refractivity contribution in [1.82, 2.24) is 0 Å². The molecule has 5 rings (SSSR count). The van der Waals surface area contributed by atoms with E-state index in [2.05, 4.69) is 0 Å². The van der Waals surface area contributed by atoms with E-state index in [1.54, 1.807) is 84.9 Å². The third-order valence-electron chi connectivity index (χ3n) is 6.74. The van der Waals surface area contributed by atoms with Gasteiger partial charge >= 0.3 is 23.9 Å². The first-order chi connectivity index (χ1) is 21.4. The van der Waals surface area contributed by atoms with Crippen LogP contribution in [0.5, 0.6) is 0 Å². The molecular weight excluding hydrogens is 568 g/mol. The van der Waals surface area contributed by atoms with Gasteiger partial charge in [0.1, 0.15) is 18.8 Å². The Hall–Kier alpha value is -5.32. The Bertz CT molecular complexity index is 1560. The second kappa shape index (κ2) is 14.2. The summed E-state index contributed by atoms with van der Waals surface area (Å²) in [5, 5.41) is 11.4. The third-order valence-corrected chi connectivity index (χ3v) is 6.74. The van der Waals surface area contributed by atoms with Gasteiger partial charge in [-0.15, -0.1) is 0 Å². The Morgan fingerprint density at radius 3 is 1.32 bits per heavy atom. The van der Waals surface area contributed by atoms with Crippen molar-refractivity contribution in [1.29, 1.82) is 0 Å². The van der Waals surface area contributed by atoms with Crippen molar-refractivity contribution >= 4 is 23.9 Å². The van der Waals surface area contributed by atoms with Crippen LogP contribution in [0.4, 0.5) is 0 Å². The molecule has 0 aromatic heterocycles. The Balaban J connectivity index is 1.46. The van der Waals surface area contributed by atoms with Gasteiger partial charge in [-0.25, -0.2) is 19.2 Å². The van der Waals surface area contributed by atoms with E-state index >= 15 is 0 Å². The monoisotopic (exact) mass is 596 g/mol. The molecule has 224 valence electrons. The molecule has 10 heteroatoms. The van der Waals surface area contributed by atoms with Gasteiger partial charge in [0.25, 0.3) is 0 Å². The summed E-state index contributed by atoms with van der Waals surface area (Å²) in [7, 11) is 0. The number of rotatable bonds is 9. The summed E-state index contributed by atoms with van der Waals surface area (Å²) in [4.78, 5) is 52.1. The molecule has 5 atom stereocenters. The molecule has 0 aliphatic carbocycles. The van der Waals surface area contributed by atoms with Gasteiger partial charge in [0.05, 0.1) is 22.3 Å². The molecule has 5 unspecified atom stereocenters. The highest BCUT2D eigenvalue weighted by molar-refractivity contribution is 5.91. The Labute approximate surface area is 252 Å². The average Bonchev–Trinajstić information content (AvgIpc) is 3.08. The van der Waals surface area contributed by atoms with E-state index < -0.39 is 61.2 Å². The van der Waals surface area contributed by atoms with Gasteiger partial charge in [-0.1, -0.05) is 72.8 Å². The number of carbonyl (C=O) groups excluding carboxylic acids is 4. The van der Waals surface area contributed by atoms with Crippen molar-refractivity contribution in [3.63, 3.8) is 0 Å². The van der Waals surface area contributed by atoms with Crippen LogP contribution < -0.4 is 0 Å². The highest BCUT2D eigenvalue weighted by atomic mass is 16.7. The maximum Gasteiger partial charge on any atom is 0.340 e. The van der Waals surface area contributed by atoms with Crippen LogP contribution in [0.3, 0.4) is 0 Å². The summed E-state index contributed by atoms with van der Waals surface area (Å²) in [6, 6.07) is 32.1. The van der Waals surface area contributed by atoms with Gasteiger partial charge in [-0.05, 0) is 48.5 Å². The minimum atomic E-state index is -1.67. The second-order valence-electron chi connectivity index (χ2n) is 9.74. The largest absolute Gasteiger partial charge is 0.459 e. The molecule has 0 amide bonds. The summed E-state index contributed by atoms with van der Waals surface area (Å²) >= 11 is 0. The van der Waals surface area contributed by atoms with E-state index in [0.29, 0.717) is 0 Å². The molecule has 0 bridgehead atoms. The number of ether oxygens (including phenoxy) is 5. The maximum absolute atomic E-state index is 13.2. The summed E-state index contributed by atoms with van der Waals surface area (Å²) in [5.41, 5.74) is 0.734. The van der Waals surface area contributed by atoms with E-state index in [9.17, 15) is 24.3 Å². The lowest BCUT2D eigenvalue weighted by atomic mass is 9.98. The molecule has 1 saturated heterocycles. The van der Waals surface area contributed by atoms with Crippen LogP contribution in [-0.4, -0.2) is 66.3 Å². The number of carbonyl (C=O) groups is 4. The number of hydrogen-bond acceptors (Lipinski definition) is 10. The van der Waals surface area contributed by atoms with E-state index in [1.165, 1.54) is 36.4 Å². The fourth-order valence-electron chi connectivity index (χ4n) is 4.48. The van der Waals surface area contributed by atoms with Gasteiger partial charge in [0.15, 0.2) is 6.10 Å². The summed E-state index contributed by atoms with van der Waals surface area (Å²) in [6.07, 6.45) is -7.91. The first-order valence-corrected chi connectivity index (χ1v) is 13.7. The lowest BCUT2D eigenvalue weighted by molar-refractivity contribution is -0.283. The van der Waals surface area contributed by atoms with E-state index in [4.69, 9.17) is 23.7 Å². The minimum absolute atomic E-state index is 0.155. The fraction of sp³-hybridized carbons (Fsp3) is 0.176. The Kier molecular flexibility index (Phi) is 9.75. The predicted octanol–water partition coefficient (Wildman–Crippen LogP) is 4.24. The summed E-state index contributed by atoms with van der Waals surface area (Å²) in [6.45, 7) is -0.507. The fourth-order valence-corrected chi connectivity index (χ4v) is 4.48. The van der Waals surface area contributed by atoms with Crippen molar-refractivity contribution in [3.8, 4) is 0 Å². The average molecular weight is 597 g/mol. The molecule has 10 nitrogen and oxygen atoms in total. The Morgan fingerprint density at radius 2 is 0.886 bits per heavy atom. The van der Waals surface area contributed by atoms with Crippen molar-refractivity contribution in [3.05, 3.63) is 144 Å². The molecular formula is C34H28O10. The molecule has 1 N–H and O–H groups in total. The van der Waals surface area contributed by atoms with E-state index in [1.807, 2.05) is 0 Å². The van der Waals surface area contributed by atoms with Crippen LogP contribution in [0.25, 0.3) is 0 Å². The third kappa shape index (κ3) is 7.35. The maximum atomic E-state index is 13.2. The van der Waals surface area contributed by atoms with Gasteiger partial charge < -0.3 is 28.8 Å². The topological polar surface area (TPSA) is 135 Å². The van der Waals surface area contributed by atoms with E-state index in [0.717, 1.165) is 0 Å². The van der Waals surface area contributed by atoms with Crippen LogP contribution in [0, 0.1) is 0 Å². The first kappa shape index (κ1) is 30.1. The molecule has 0 spiro atoms. The molecule has 0 radical (unpaired) electrons. The highest BCUT2D eigenvalue weighted by Crippen LogP contribution is 2.30. The van der Waals surface area contributed by atoms with Gasteiger partial charge in [-0.3, -0.25) is 0 Å². The molecule has 0 saturated carbocycles. The SMILES string of the molecule is O=C(OCC1OC(OC(=O)c2ccccc2)C(OC(=O)c2ccccc2)C(OC(=O)c2ccccc2)C1O)c1ccccc1.